The minimum atomic E-state index is -1.05. The van der Waals surface area contributed by atoms with Crippen molar-refractivity contribution in [2.75, 3.05) is 0 Å². The van der Waals surface area contributed by atoms with Gasteiger partial charge in [0.05, 0.1) is 11.1 Å². The quantitative estimate of drug-likeness (QED) is 0.586. The molecule has 26 heavy (non-hydrogen) atoms. The Morgan fingerprint density at radius 3 is 2.54 bits per heavy atom. The van der Waals surface area contributed by atoms with E-state index in [1.54, 1.807) is 18.5 Å². The monoisotopic (exact) mass is 347 g/mol. The van der Waals surface area contributed by atoms with Gasteiger partial charge < -0.3 is 4.98 Å². The lowest BCUT2D eigenvalue weighted by atomic mass is 10.1. The molecule has 0 aliphatic rings. The molecule has 6 heteroatoms. The van der Waals surface area contributed by atoms with Gasteiger partial charge in [0.15, 0.2) is 0 Å². The first-order valence-electron chi connectivity index (χ1n) is 8.00. The van der Waals surface area contributed by atoms with Crippen molar-refractivity contribution >= 4 is 17.0 Å². The minimum Gasteiger partial charge on any atom is -0.338 e. The van der Waals surface area contributed by atoms with Gasteiger partial charge in [-0.15, -0.1) is 0 Å². The molecule has 0 saturated carbocycles. The Morgan fingerprint density at radius 1 is 1.08 bits per heavy atom. The largest absolute Gasteiger partial charge is 0.381 e. The van der Waals surface area contributed by atoms with Crippen molar-refractivity contribution in [1.29, 1.82) is 0 Å². The predicted molar refractivity (Wildman–Crippen MR) is 96.0 cm³/mol. The number of aromatic nitrogens is 3. The number of halogens is 1. The lowest BCUT2D eigenvalue weighted by Gasteiger charge is -2.02. The molecule has 2 heterocycles. The van der Waals surface area contributed by atoms with Crippen LogP contribution in [0.15, 0.2) is 60.9 Å². The van der Waals surface area contributed by atoms with E-state index >= 15 is 0 Å². The van der Waals surface area contributed by atoms with Gasteiger partial charge in [-0.05, 0) is 41.8 Å². The molecular weight excluding hydrogens is 333 g/mol. The van der Waals surface area contributed by atoms with Crippen LogP contribution in [0.5, 0.6) is 0 Å². The van der Waals surface area contributed by atoms with E-state index in [-0.39, 0.29) is 5.56 Å². The van der Waals surface area contributed by atoms with E-state index in [9.17, 15) is 9.32 Å². The second kappa shape index (κ2) is 6.40. The highest BCUT2D eigenvalue weighted by Crippen LogP contribution is 2.27. The Balaban J connectivity index is 1.76. The van der Waals surface area contributed by atoms with Gasteiger partial charge in [0.1, 0.15) is 11.3 Å². The van der Waals surface area contributed by atoms with Crippen LogP contribution in [0.4, 0.5) is 4.53 Å². The first-order chi connectivity index (χ1) is 12.7. The summed E-state index contributed by atoms with van der Waals surface area (Å²) in [7, 11) is 0. The summed E-state index contributed by atoms with van der Waals surface area (Å²) < 4.78 is 12.4. The van der Waals surface area contributed by atoms with Gasteiger partial charge in [-0.2, -0.15) is 0 Å². The molecule has 128 valence electrons. The number of benzene rings is 2. The van der Waals surface area contributed by atoms with Gasteiger partial charge in [-0.3, -0.25) is 4.98 Å². The van der Waals surface area contributed by atoms with Crippen molar-refractivity contribution in [1.82, 2.24) is 15.0 Å². The number of carbonyl (C=O) groups is 1. The molecule has 0 bridgehead atoms. The summed E-state index contributed by atoms with van der Waals surface area (Å²) in [6, 6.07) is 15.1. The first kappa shape index (κ1) is 16.0. The standard InChI is InChI=1S/C20H14FN3O2/c1-12-9-16(20(25)26-21)18-17(10-12)23-19(24-18)14-6-4-13(5-7-14)15-3-2-8-22-11-15/h2-11H,1H3,(H,23,24). The maximum absolute atomic E-state index is 12.4. The summed E-state index contributed by atoms with van der Waals surface area (Å²) in [4.78, 5) is 26.8. The van der Waals surface area contributed by atoms with Crippen LogP contribution in [0.2, 0.25) is 0 Å². The van der Waals surface area contributed by atoms with Gasteiger partial charge in [0.25, 0.3) is 0 Å². The van der Waals surface area contributed by atoms with Crippen LogP contribution in [0.25, 0.3) is 33.5 Å². The molecule has 0 unspecified atom stereocenters. The SMILES string of the molecule is Cc1cc(C(=O)OF)c2nc(-c3ccc(-c4cccnc4)cc3)[nH]c2c1. The summed E-state index contributed by atoms with van der Waals surface area (Å²) in [6.07, 6.45) is 3.53. The van der Waals surface area contributed by atoms with E-state index in [1.807, 2.05) is 49.4 Å². The average Bonchev–Trinajstić information content (AvgIpc) is 3.11. The third kappa shape index (κ3) is 2.82. The zero-order valence-corrected chi connectivity index (χ0v) is 13.9. The van der Waals surface area contributed by atoms with E-state index in [4.69, 9.17) is 0 Å². The molecule has 0 fully saturated rings. The van der Waals surface area contributed by atoms with E-state index < -0.39 is 5.97 Å². The van der Waals surface area contributed by atoms with Crippen LogP contribution in [0.1, 0.15) is 15.9 Å². The molecule has 5 nitrogen and oxygen atoms in total. The van der Waals surface area contributed by atoms with Crippen molar-refractivity contribution in [3.8, 4) is 22.5 Å². The van der Waals surface area contributed by atoms with Crippen molar-refractivity contribution in [2.45, 2.75) is 6.92 Å². The second-order valence-corrected chi connectivity index (χ2v) is 5.98. The van der Waals surface area contributed by atoms with Crippen molar-refractivity contribution in [3.63, 3.8) is 0 Å². The fourth-order valence-electron chi connectivity index (χ4n) is 2.95. The van der Waals surface area contributed by atoms with E-state index in [2.05, 4.69) is 19.9 Å². The van der Waals surface area contributed by atoms with E-state index in [0.717, 1.165) is 22.3 Å². The van der Waals surface area contributed by atoms with Crippen molar-refractivity contribution in [3.05, 3.63) is 72.1 Å². The lowest BCUT2D eigenvalue weighted by molar-refractivity contribution is -0.0786. The predicted octanol–water partition coefficient (Wildman–Crippen LogP) is 4.64. The fourth-order valence-corrected chi connectivity index (χ4v) is 2.95. The van der Waals surface area contributed by atoms with Crippen LogP contribution in [0.3, 0.4) is 0 Å². The van der Waals surface area contributed by atoms with Crippen LogP contribution in [0, 0.1) is 6.92 Å². The fraction of sp³-hybridized carbons (Fsp3) is 0.0500. The van der Waals surface area contributed by atoms with Crippen LogP contribution >= 0.6 is 0 Å². The highest BCUT2D eigenvalue weighted by Gasteiger charge is 2.17. The van der Waals surface area contributed by atoms with Gasteiger partial charge in [-0.1, -0.05) is 30.3 Å². The number of rotatable bonds is 3. The Morgan fingerprint density at radius 2 is 1.85 bits per heavy atom. The molecule has 2 aromatic heterocycles. The number of hydrogen-bond donors (Lipinski definition) is 1. The molecule has 0 atom stereocenters. The second-order valence-electron chi connectivity index (χ2n) is 5.98. The molecule has 0 saturated heterocycles. The molecule has 0 aliphatic carbocycles. The number of aromatic amines is 1. The Kier molecular flexibility index (Phi) is 3.93. The van der Waals surface area contributed by atoms with Crippen molar-refractivity contribution < 1.29 is 14.3 Å². The van der Waals surface area contributed by atoms with Gasteiger partial charge in [-0.25, -0.2) is 14.7 Å². The number of carbonyl (C=O) groups excluding carboxylic acids is 1. The maximum atomic E-state index is 12.4. The molecule has 0 aliphatic heterocycles. The Hall–Kier alpha value is -3.54. The number of aryl methyl sites for hydroxylation is 1. The van der Waals surface area contributed by atoms with Crippen LogP contribution in [-0.4, -0.2) is 20.9 Å². The number of hydrogen-bond acceptors (Lipinski definition) is 4. The van der Waals surface area contributed by atoms with E-state index in [1.165, 1.54) is 0 Å². The zero-order chi connectivity index (χ0) is 18.1. The first-order valence-corrected chi connectivity index (χ1v) is 8.00. The summed E-state index contributed by atoms with van der Waals surface area (Å²) in [6.45, 7) is 1.82. The average molecular weight is 347 g/mol. The Labute approximate surface area is 148 Å². The normalized spacial score (nSPS) is 10.8. The highest BCUT2D eigenvalue weighted by molar-refractivity contribution is 6.02. The molecule has 4 aromatic rings. The third-order valence-corrected chi connectivity index (χ3v) is 4.17. The number of nitrogens with one attached hydrogen (secondary N) is 1. The van der Waals surface area contributed by atoms with Gasteiger partial charge in [0.2, 0.25) is 0 Å². The molecular formula is C20H14FN3O2. The smallest absolute Gasteiger partial charge is 0.338 e. The highest BCUT2D eigenvalue weighted by atomic mass is 19.3. The number of H-pyrrole nitrogens is 1. The zero-order valence-electron chi connectivity index (χ0n) is 13.9. The summed E-state index contributed by atoms with van der Waals surface area (Å²) >= 11 is 0. The number of imidazole rings is 1. The Bertz CT molecular complexity index is 1090. The van der Waals surface area contributed by atoms with E-state index in [0.29, 0.717) is 16.9 Å². The van der Waals surface area contributed by atoms with Crippen LogP contribution < -0.4 is 0 Å². The van der Waals surface area contributed by atoms with Crippen molar-refractivity contribution in [2.24, 2.45) is 0 Å². The molecule has 0 spiro atoms. The van der Waals surface area contributed by atoms with Gasteiger partial charge >= 0.3 is 5.97 Å². The molecule has 0 amide bonds. The summed E-state index contributed by atoms with van der Waals surface area (Å²) in [5.41, 5.74) is 4.84. The third-order valence-electron chi connectivity index (χ3n) is 4.17. The topological polar surface area (TPSA) is 67.9 Å². The number of nitrogens with zero attached hydrogens (tertiary/aromatic N) is 2. The lowest BCUT2D eigenvalue weighted by Crippen LogP contribution is -2.00. The van der Waals surface area contributed by atoms with Gasteiger partial charge in [0, 0.05) is 22.5 Å². The molecule has 4 rings (SSSR count). The molecule has 2 aromatic carbocycles. The molecule has 1 N–H and O–H groups in total. The minimum absolute atomic E-state index is 0.0944. The van der Waals surface area contributed by atoms with Crippen LogP contribution in [-0.2, 0) is 4.94 Å². The number of pyridine rings is 1. The molecule has 0 radical (unpaired) electrons. The number of fused-ring (bicyclic) bond motifs is 1. The summed E-state index contributed by atoms with van der Waals surface area (Å²) in [5, 5.41) is 0. The summed E-state index contributed by atoms with van der Waals surface area (Å²) in [5.74, 6) is -0.458. The maximum Gasteiger partial charge on any atom is 0.381 e.